The summed E-state index contributed by atoms with van der Waals surface area (Å²) >= 11 is 0. The van der Waals surface area contributed by atoms with Gasteiger partial charge in [-0.1, -0.05) is 50.3 Å². The van der Waals surface area contributed by atoms with Crippen molar-refractivity contribution in [2.45, 2.75) is 59.5 Å². The number of hydrogen-bond acceptors (Lipinski definition) is 5. The summed E-state index contributed by atoms with van der Waals surface area (Å²) in [6.45, 7) is 15.4. The highest BCUT2D eigenvalue weighted by atomic mass is 16.2. The predicted molar refractivity (Wildman–Crippen MR) is 148 cm³/mol. The molecule has 2 aromatic rings. The van der Waals surface area contributed by atoms with Crippen LogP contribution in [0.4, 0.5) is 10.6 Å². The zero-order chi connectivity index (χ0) is 27.1. The molecular weight excluding hydrogens is 452 g/mol. The van der Waals surface area contributed by atoms with E-state index in [1.54, 1.807) is 10.9 Å². The Morgan fingerprint density at radius 1 is 1.19 bits per heavy atom. The molecule has 2 N–H and O–H groups in total. The molecule has 2 aromatic heterocycles. The molecular formula is C27H42N8O. The summed E-state index contributed by atoms with van der Waals surface area (Å²) in [6.07, 6.45) is 17.8. The third-order valence-corrected chi connectivity index (χ3v) is 5.69. The molecule has 196 valence electrons. The first-order valence-electron chi connectivity index (χ1n) is 12.4. The SMILES string of the molecule is C#N.C/C=C\C.CC.Cc1c(-c2cnn(C)c2)nn(C2C=CC=CC2)c1NC(=O)NC1CCN(C)C1. The highest BCUT2D eigenvalue weighted by Crippen LogP contribution is 2.32. The number of aromatic nitrogens is 4. The second kappa shape index (κ2) is 16.1. The number of carbonyl (C=O) groups is 1. The van der Waals surface area contributed by atoms with Crippen molar-refractivity contribution in [2.75, 3.05) is 25.5 Å². The molecule has 0 aromatic carbocycles. The van der Waals surface area contributed by atoms with E-state index in [1.165, 1.54) is 0 Å². The van der Waals surface area contributed by atoms with Gasteiger partial charge in [-0.2, -0.15) is 10.2 Å². The van der Waals surface area contributed by atoms with Crippen molar-refractivity contribution in [2.24, 2.45) is 7.05 Å². The van der Waals surface area contributed by atoms with Gasteiger partial charge in [0.15, 0.2) is 0 Å². The number of likely N-dealkylation sites (N-methyl/N-ethyl adjacent to an activating group) is 1. The van der Waals surface area contributed by atoms with Crippen LogP contribution in [0.5, 0.6) is 0 Å². The normalized spacial score (nSPS) is 18.4. The van der Waals surface area contributed by atoms with Crippen molar-refractivity contribution in [3.8, 4) is 17.8 Å². The molecule has 9 nitrogen and oxygen atoms in total. The summed E-state index contributed by atoms with van der Waals surface area (Å²) in [5.74, 6) is 0.729. The van der Waals surface area contributed by atoms with Crippen molar-refractivity contribution in [1.82, 2.24) is 29.8 Å². The van der Waals surface area contributed by atoms with E-state index in [9.17, 15) is 4.79 Å². The molecule has 36 heavy (non-hydrogen) atoms. The van der Waals surface area contributed by atoms with E-state index in [2.05, 4.69) is 46.4 Å². The lowest BCUT2D eigenvalue weighted by atomic mass is 10.1. The van der Waals surface area contributed by atoms with Gasteiger partial charge >= 0.3 is 6.03 Å². The number of anilines is 1. The Kier molecular flexibility index (Phi) is 13.6. The van der Waals surface area contributed by atoms with Gasteiger partial charge in [-0.3, -0.25) is 10.00 Å². The Labute approximate surface area is 216 Å². The van der Waals surface area contributed by atoms with Crippen molar-refractivity contribution < 1.29 is 4.79 Å². The molecule has 1 aliphatic carbocycles. The maximum Gasteiger partial charge on any atom is 0.320 e. The van der Waals surface area contributed by atoms with E-state index < -0.39 is 0 Å². The minimum Gasteiger partial charge on any atom is -0.334 e. The van der Waals surface area contributed by atoms with Crippen molar-refractivity contribution in [3.63, 3.8) is 0 Å². The van der Waals surface area contributed by atoms with Crippen molar-refractivity contribution >= 4 is 11.8 Å². The molecule has 2 atom stereocenters. The molecule has 4 rings (SSSR count). The van der Waals surface area contributed by atoms with Gasteiger partial charge in [-0.05, 0) is 47.2 Å². The lowest BCUT2D eigenvalue weighted by Crippen LogP contribution is -2.39. The summed E-state index contributed by atoms with van der Waals surface area (Å²) in [4.78, 5) is 14.9. The van der Waals surface area contributed by atoms with E-state index in [0.29, 0.717) is 0 Å². The van der Waals surface area contributed by atoms with E-state index in [-0.39, 0.29) is 18.1 Å². The topological polar surface area (TPSA) is 104 Å². The number of allylic oxidation sites excluding steroid dienone is 6. The minimum absolute atomic E-state index is 0.0713. The second-order valence-corrected chi connectivity index (χ2v) is 8.30. The smallest absolute Gasteiger partial charge is 0.320 e. The number of nitrogens with one attached hydrogen (secondary N) is 2. The van der Waals surface area contributed by atoms with E-state index >= 15 is 0 Å². The summed E-state index contributed by atoms with van der Waals surface area (Å²) in [5, 5.41) is 21.7. The van der Waals surface area contributed by atoms with Crippen LogP contribution in [0.3, 0.4) is 0 Å². The number of urea groups is 1. The van der Waals surface area contributed by atoms with Crippen LogP contribution in [0.15, 0.2) is 48.8 Å². The molecule has 0 saturated carbocycles. The third kappa shape index (κ3) is 8.54. The fourth-order valence-electron chi connectivity index (χ4n) is 3.86. The van der Waals surface area contributed by atoms with Crippen LogP contribution in [-0.4, -0.2) is 56.7 Å². The third-order valence-electron chi connectivity index (χ3n) is 5.69. The Bertz CT molecular complexity index is 1040. The first-order chi connectivity index (χ1) is 17.4. The van der Waals surface area contributed by atoms with Crippen molar-refractivity contribution in [1.29, 1.82) is 5.26 Å². The van der Waals surface area contributed by atoms with Crippen molar-refractivity contribution in [3.05, 3.63) is 54.4 Å². The van der Waals surface area contributed by atoms with Crippen LogP contribution >= 0.6 is 0 Å². The fourth-order valence-corrected chi connectivity index (χ4v) is 3.86. The summed E-state index contributed by atoms with van der Waals surface area (Å²) in [6, 6.07) is 0.0663. The molecule has 3 heterocycles. The van der Waals surface area contributed by atoms with E-state index in [0.717, 1.165) is 48.6 Å². The first-order valence-corrected chi connectivity index (χ1v) is 12.4. The standard InChI is InChI=1S/C20H27N7O.C4H8.C2H6.CHN/c1-14-18(15-11-21-26(3)12-15)24-27(17-7-5-4-6-8-17)19(14)23-20(28)22-16-9-10-25(2)13-16;1-3-4-2;2*1-2/h4-7,11-12,16-17H,8-10,13H2,1-3H3,(H2,22,23,28);3-4H,1-2H3;1-2H3;1H/b;4-3-;;. The van der Waals surface area contributed by atoms with Gasteiger partial charge in [0.25, 0.3) is 0 Å². The summed E-state index contributed by atoms with van der Waals surface area (Å²) < 4.78 is 3.67. The van der Waals surface area contributed by atoms with Crippen LogP contribution in [-0.2, 0) is 7.05 Å². The Balaban J connectivity index is 0.000000725. The van der Waals surface area contributed by atoms with Crippen LogP contribution < -0.4 is 10.6 Å². The fraction of sp³-hybridized carbons (Fsp3) is 0.481. The van der Waals surface area contributed by atoms with E-state index in [1.807, 2.05) is 76.8 Å². The monoisotopic (exact) mass is 494 g/mol. The number of rotatable bonds is 4. The predicted octanol–water partition coefficient (Wildman–Crippen LogP) is 5.22. The van der Waals surface area contributed by atoms with Gasteiger partial charge < -0.3 is 10.2 Å². The minimum atomic E-state index is -0.183. The lowest BCUT2D eigenvalue weighted by Gasteiger charge is -2.19. The largest absolute Gasteiger partial charge is 0.334 e. The van der Waals surface area contributed by atoms with Gasteiger partial charge in [-0.25, -0.2) is 14.7 Å². The second-order valence-electron chi connectivity index (χ2n) is 8.30. The zero-order valence-corrected chi connectivity index (χ0v) is 22.8. The average Bonchev–Trinajstić information content (AvgIpc) is 3.61. The lowest BCUT2D eigenvalue weighted by molar-refractivity contribution is 0.248. The molecule has 1 aliphatic heterocycles. The molecule has 9 heteroatoms. The number of aryl methyl sites for hydroxylation is 1. The maximum atomic E-state index is 12.7. The molecule has 1 saturated heterocycles. The molecule has 0 spiro atoms. The average molecular weight is 495 g/mol. The number of carbonyl (C=O) groups excluding carboxylic acids is 1. The van der Waals surface area contributed by atoms with Gasteiger partial charge in [-0.15, -0.1) is 0 Å². The molecule has 2 amide bonds. The van der Waals surface area contributed by atoms with Gasteiger partial charge in [0, 0.05) is 43.5 Å². The molecule has 2 aliphatic rings. The number of likely N-dealkylation sites (tertiary alicyclic amines) is 1. The Morgan fingerprint density at radius 3 is 2.39 bits per heavy atom. The molecule has 2 unspecified atom stereocenters. The number of hydrogen-bond donors (Lipinski definition) is 2. The first kappa shape index (κ1) is 30.4. The van der Waals surface area contributed by atoms with Crippen LogP contribution in [0, 0.1) is 18.8 Å². The summed E-state index contributed by atoms with van der Waals surface area (Å²) in [7, 11) is 3.96. The van der Waals surface area contributed by atoms with Crippen LogP contribution in [0.25, 0.3) is 11.3 Å². The summed E-state index contributed by atoms with van der Waals surface area (Å²) in [5.41, 5.74) is 2.72. The van der Waals surface area contributed by atoms with E-state index in [4.69, 9.17) is 10.4 Å². The maximum absolute atomic E-state index is 12.7. The number of amides is 2. The number of nitrogens with zero attached hydrogens (tertiary/aromatic N) is 6. The van der Waals surface area contributed by atoms with Gasteiger partial charge in [0.2, 0.25) is 0 Å². The highest BCUT2D eigenvalue weighted by molar-refractivity contribution is 5.90. The molecule has 0 bridgehead atoms. The Hall–Kier alpha value is -3.64. The van der Waals surface area contributed by atoms with Crippen LogP contribution in [0.1, 0.15) is 52.1 Å². The Morgan fingerprint density at radius 2 is 1.89 bits per heavy atom. The highest BCUT2D eigenvalue weighted by Gasteiger charge is 2.25. The molecule has 1 fully saturated rings. The number of nitriles is 1. The molecule has 0 radical (unpaired) electrons. The quantitative estimate of drug-likeness (QED) is 0.567. The van der Waals surface area contributed by atoms with Crippen LogP contribution in [0.2, 0.25) is 0 Å². The zero-order valence-electron chi connectivity index (χ0n) is 22.8. The van der Waals surface area contributed by atoms with Gasteiger partial charge in [0.1, 0.15) is 11.5 Å². The van der Waals surface area contributed by atoms with Gasteiger partial charge in [0.05, 0.1) is 12.2 Å².